The summed E-state index contributed by atoms with van der Waals surface area (Å²) in [6.07, 6.45) is 4.93. The van der Waals surface area contributed by atoms with E-state index < -0.39 is 0 Å². The van der Waals surface area contributed by atoms with Gasteiger partial charge in [0.1, 0.15) is 12.4 Å². The number of aromatic nitrogens is 4. The van der Waals surface area contributed by atoms with Crippen LogP contribution in [0.15, 0.2) is 60.8 Å². The second-order valence-corrected chi connectivity index (χ2v) is 11.8. The van der Waals surface area contributed by atoms with Crippen LogP contribution in [0, 0.1) is 5.82 Å². The Bertz CT molecular complexity index is 1820. The van der Waals surface area contributed by atoms with Gasteiger partial charge < -0.3 is 18.8 Å². The number of esters is 1. The average molecular weight is 598 g/mol. The van der Waals surface area contributed by atoms with Gasteiger partial charge in [-0.2, -0.15) is 5.10 Å². The van der Waals surface area contributed by atoms with Crippen LogP contribution in [0.5, 0.6) is 5.75 Å². The first-order valence-corrected chi connectivity index (χ1v) is 15.2. The minimum absolute atomic E-state index is 0.159. The van der Waals surface area contributed by atoms with Crippen LogP contribution in [0.25, 0.3) is 21.9 Å². The Morgan fingerprint density at radius 1 is 1.05 bits per heavy atom. The summed E-state index contributed by atoms with van der Waals surface area (Å²) in [5, 5.41) is 5.35. The highest BCUT2D eigenvalue weighted by molar-refractivity contribution is 5.93. The van der Waals surface area contributed by atoms with E-state index in [9.17, 15) is 9.18 Å². The van der Waals surface area contributed by atoms with Crippen LogP contribution >= 0.6 is 0 Å². The second-order valence-electron chi connectivity index (χ2n) is 11.8. The zero-order valence-corrected chi connectivity index (χ0v) is 25.0. The van der Waals surface area contributed by atoms with E-state index in [1.54, 1.807) is 6.07 Å². The topological polar surface area (TPSA) is 83.6 Å². The Kier molecular flexibility index (Phi) is 7.78. The third-order valence-electron chi connectivity index (χ3n) is 9.02. The summed E-state index contributed by atoms with van der Waals surface area (Å²) in [5.41, 5.74) is 5.39. The van der Waals surface area contributed by atoms with Crippen molar-refractivity contribution in [3.8, 4) is 5.75 Å². The molecule has 5 aromatic rings. The minimum atomic E-state index is -0.358. The van der Waals surface area contributed by atoms with Crippen molar-refractivity contribution < 1.29 is 23.4 Å². The quantitative estimate of drug-likeness (QED) is 0.205. The van der Waals surface area contributed by atoms with E-state index in [-0.39, 0.29) is 30.2 Å². The molecule has 4 heterocycles. The number of likely N-dealkylation sites (tertiary alicyclic amines) is 1. The molecule has 2 aliphatic rings. The molecule has 2 aliphatic heterocycles. The number of aryl methyl sites for hydroxylation is 1. The van der Waals surface area contributed by atoms with Gasteiger partial charge in [-0.3, -0.25) is 9.58 Å². The lowest BCUT2D eigenvalue weighted by molar-refractivity contribution is -0.0592. The van der Waals surface area contributed by atoms with Crippen molar-refractivity contribution in [3.63, 3.8) is 0 Å². The summed E-state index contributed by atoms with van der Waals surface area (Å²) in [6.45, 7) is 4.29. The zero-order chi connectivity index (χ0) is 30.2. The Balaban J connectivity index is 1.02. The maximum atomic E-state index is 14.8. The number of hydrogen-bond acceptors (Lipinski definition) is 7. The molecule has 3 aromatic carbocycles. The van der Waals surface area contributed by atoms with Crippen LogP contribution in [-0.2, 0) is 36.2 Å². The fourth-order valence-electron chi connectivity index (χ4n) is 6.32. The van der Waals surface area contributed by atoms with E-state index in [0.29, 0.717) is 24.6 Å². The monoisotopic (exact) mass is 597 g/mol. The number of hydrogen-bond donors (Lipinski definition) is 0. The van der Waals surface area contributed by atoms with Gasteiger partial charge in [-0.25, -0.2) is 14.2 Å². The molecule has 0 radical (unpaired) electrons. The number of rotatable bonds is 9. The molecule has 7 rings (SSSR count). The molecule has 0 bridgehead atoms. The Labute approximate surface area is 255 Å². The van der Waals surface area contributed by atoms with Gasteiger partial charge in [-0.05, 0) is 85.8 Å². The molecular weight excluding hydrogens is 561 g/mol. The Morgan fingerprint density at radius 2 is 1.89 bits per heavy atom. The van der Waals surface area contributed by atoms with Crippen LogP contribution in [0.3, 0.4) is 0 Å². The van der Waals surface area contributed by atoms with Gasteiger partial charge in [0.05, 0.1) is 54.6 Å². The molecule has 0 N–H and O–H groups in total. The van der Waals surface area contributed by atoms with Gasteiger partial charge in [0.15, 0.2) is 11.6 Å². The third kappa shape index (κ3) is 5.67. The lowest BCUT2D eigenvalue weighted by Gasteiger charge is -2.33. The van der Waals surface area contributed by atoms with Gasteiger partial charge in [0.2, 0.25) is 0 Å². The number of ether oxygens (including phenoxy) is 3. The fraction of sp³-hybridized carbons (Fsp3) is 0.382. The number of fused-ring (bicyclic) bond motifs is 2. The maximum absolute atomic E-state index is 14.8. The molecule has 0 amide bonds. The van der Waals surface area contributed by atoms with Crippen LogP contribution in [-0.4, -0.2) is 63.1 Å². The third-order valence-corrected chi connectivity index (χ3v) is 9.02. The van der Waals surface area contributed by atoms with Crippen molar-refractivity contribution in [2.24, 2.45) is 7.05 Å². The Morgan fingerprint density at radius 3 is 2.66 bits per heavy atom. The second kappa shape index (κ2) is 12.0. The molecule has 2 fully saturated rings. The molecule has 1 unspecified atom stereocenters. The highest BCUT2D eigenvalue weighted by atomic mass is 19.1. The number of imidazole rings is 1. The van der Waals surface area contributed by atoms with E-state index in [1.807, 2.05) is 60.4 Å². The number of carbonyl (C=O) groups is 1. The van der Waals surface area contributed by atoms with Gasteiger partial charge in [-0.1, -0.05) is 18.2 Å². The molecule has 1 atom stereocenters. The predicted molar refractivity (Wildman–Crippen MR) is 164 cm³/mol. The van der Waals surface area contributed by atoms with E-state index >= 15 is 0 Å². The van der Waals surface area contributed by atoms with Gasteiger partial charge in [-0.15, -0.1) is 0 Å². The number of benzene rings is 3. The highest BCUT2D eigenvalue weighted by Gasteiger charge is 2.26. The van der Waals surface area contributed by atoms with Gasteiger partial charge in [0.25, 0.3) is 0 Å². The summed E-state index contributed by atoms with van der Waals surface area (Å²) in [7, 11) is 3.30. The normalized spacial score (nSPS) is 17.7. The fourth-order valence-corrected chi connectivity index (χ4v) is 6.32. The first-order chi connectivity index (χ1) is 21.4. The molecular formula is C34H36FN5O4. The lowest BCUT2D eigenvalue weighted by atomic mass is 9.89. The number of halogens is 1. The molecule has 0 saturated carbocycles. The van der Waals surface area contributed by atoms with Crippen LogP contribution in [0.1, 0.15) is 52.5 Å². The summed E-state index contributed by atoms with van der Waals surface area (Å²) in [4.78, 5) is 19.6. The van der Waals surface area contributed by atoms with Gasteiger partial charge >= 0.3 is 5.97 Å². The van der Waals surface area contributed by atoms with Crippen molar-refractivity contribution in [3.05, 3.63) is 89.1 Å². The van der Waals surface area contributed by atoms with Crippen LogP contribution in [0.2, 0.25) is 0 Å². The molecule has 0 aliphatic carbocycles. The number of methoxy groups -OCH3 is 1. The molecule has 0 spiro atoms. The van der Waals surface area contributed by atoms with Crippen molar-refractivity contribution >= 4 is 27.9 Å². The van der Waals surface area contributed by atoms with Crippen molar-refractivity contribution in [2.75, 3.05) is 26.8 Å². The highest BCUT2D eigenvalue weighted by Crippen LogP contribution is 2.33. The predicted octanol–water partition coefficient (Wildman–Crippen LogP) is 5.60. The van der Waals surface area contributed by atoms with Crippen LogP contribution in [0.4, 0.5) is 4.39 Å². The molecule has 2 aromatic heterocycles. The lowest BCUT2D eigenvalue weighted by Crippen LogP contribution is -2.35. The standard InChI is InChI=1S/C34H36FN5O4/c1-38-30-15-22(3-4-26(30)18-36-38)21-44-32-17-24(5-7-28(32)35)23-9-12-39(13-10-23)20-33-37-29-8-6-25(34(41)42-2)16-31(29)40(33)19-27-11-14-43-27/h3-8,15-18,23,27H,9-14,19-21H2,1-2H3. The summed E-state index contributed by atoms with van der Waals surface area (Å²) >= 11 is 0. The average Bonchev–Trinajstić information content (AvgIpc) is 3.57. The van der Waals surface area contributed by atoms with Gasteiger partial charge in [0, 0.05) is 19.0 Å². The first kappa shape index (κ1) is 28.5. The first-order valence-electron chi connectivity index (χ1n) is 15.2. The summed E-state index contributed by atoms with van der Waals surface area (Å²) in [5.74, 6) is 0.872. The number of nitrogens with zero attached hydrogens (tertiary/aromatic N) is 5. The smallest absolute Gasteiger partial charge is 0.337 e. The van der Waals surface area contributed by atoms with Crippen molar-refractivity contribution in [1.29, 1.82) is 0 Å². The summed E-state index contributed by atoms with van der Waals surface area (Å²) < 4.78 is 35.4. The van der Waals surface area contributed by atoms with Crippen molar-refractivity contribution in [2.45, 2.75) is 51.0 Å². The molecule has 228 valence electrons. The van der Waals surface area contributed by atoms with E-state index in [4.69, 9.17) is 19.2 Å². The zero-order valence-electron chi connectivity index (χ0n) is 25.0. The maximum Gasteiger partial charge on any atom is 0.337 e. The minimum Gasteiger partial charge on any atom is -0.486 e. The summed E-state index contributed by atoms with van der Waals surface area (Å²) in [6, 6.07) is 16.8. The van der Waals surface area contributed by atoms with E-state index in [1.165, 1.54) is 13.2 Å². The molecule has 2 saturated heterocycles. The molecule has 44 heavy (non-hydrogen) atoms. The van der Waals surface area contributed by atoms with Crippen molar-refractivity contribution in [1.82, 2.24) is 24.2 Å². The molecule has 10 heteroatoms. The number of piperidine rings is 1. The van der Waals surface area contributed by atoms with E-state index in [2.05, 4.69) is 14.6 Å². The number of carbonyl (C=O) groups excluding carboxylic acids is 1. The Hall–Kier alpha value is -4.28. The molecule has 9 nitrogen and oxygen atoms in total. The largest absolute Gasteiger partial charge is 0.486 e. The SMILES string of the molecule is COC(=O)c1ccc2nc(CN3CCC(c4ccc(F)c(OCc5ccc6cnn(C)c6c5)c4)CC3)n(CC3CCO3)c2c1. The van der Waals surface area contributed by atoms with E-state index in [0.717, 1.165) is 77.8 Å². The van der Waals surface area contributed by atoms with Crippen LogP contribution < -0.4 is 4.74 Å².